The fourth-order valence-electron chi connectivity index (χ4n) is 6.36. The summed E-state index contributed by atoms with van der Waals surface area (Å²) in [7, 11) is 1.42. The van der Waals surface area contributed by atoms with E-state index in [0.717, 1.165) is 21.6 Å². The molecule has 0 saturated carbocycles. The molecule has 236 valence electrons. The van der Waals surface area contributed by atoms with Crippen LogP contribution in [0, 0.1) is 5.92 Å². The smallest absolute Gasteiger partial charge is 0.326 e. The monoisotopic (exact) mass is 618 g/mol. The normalized spacial score (nSPS) is 15.8. The largest absolute Gasteiger partial charge is 0.480 e. The SMILES string of the molecule is CC(C)[C@@H](C(=O)O)N(C)C(=O)N1CCN(C(=O)C2=CC=CC=CN2C(c2ccccc2)(c2ccccc2)c2ccccc2)C(=O)C1. The van der Waals surface area contributed by atoms with Crippen molar-refractivity contribution in [2.75, 3.05) is 26.7 Å². The first kappa shape index (κ1) is 32.0. The highest BCUT2D eigenvalue weighted by molar-refractivity contribution is 6.06. The molecule has 2 heterocycles. The van der Waals surface area contributed by atoms with Crippen LogP contribution in [0.2, 0.25) is 0 Å². The number of carbonyl (C=O) groups is 4. The minimum atomic E-state index is -1.12. The van der Waals surface area contributed by atoms with Gasteiger partial charge in [0.1, 0.15) is 23.8 Å². The molecule has 1 saturated heterocycles. The Kier molecular flexibility index (Phi) is 9.51. The van der Waals surface area contributed by atoms with E-state index < -0.39 is 35.4 Å². The van der Waals surface area contributed by atoms with Crippen molar-refractivity contribution < 1.29 is 24.3 Å². The lowest BCUT2D eigenvalue weighted by molar-refractivity contribution is -0.146. The number of carbonyl (C=O) groups excluding carboxylic acids is 3. The van der Waals surface area contributed by atoms with Crippen molar-refractivity contribution in [3.8, 4) is 0 Å². The summed E-state index contributed by atoms with van der Waals surface area (Å²) in [6.07, 6.45) is 9.04. The first-order chi connectivity index (χ1) is 22.2. The lowest BCUT2D eigenvalue weighted by Crippen LogP contribution is -2.59. The minimum absolute atomic E-state index is 0.0374. The molecule has 5 rings (SSSR count). The van der Waals surface area contributed by atoms with Crippen LogP contribution in [0.3, 0.4) is 0 Å². The molecule has 0 unspecified atom stereocenters. The summed E-state index contributed by atoms with van der Waals surface area (Å²) >= 11 is 0. The summed E-state index contributed by atoms with van der Waals surface area (Å²) in [4.78, 5) is 58.8. The van der Waals surface area contributed by atoms with Gasteiger partial charge in [0.25, 0.3) is 5.91 Å². The number of likely N-dealkylation sites (N-methyl/N-ethyl adjacent to an activating group) is 1. The zero-order valence-electron chi connectivity index (χ0n) is 26.2. The molecule has 4 amide bonds. The van der Waals surface area contributed by atoms with Crippen molar-refractivity contribution in [3.05, 3.63) is 144 Å². The molecule has 1 fully saturated rings. The summed E-state index contributed by atoms with van der Waals surface area (Å²) in [6.45, 7) is 3.13. The molecule has 1 N–H and O–H groups in total. The predicted octanol–water partition coefficient (Wildman–Crippen LogP) is 5.08. The number of hydrogen-bond donors (Lipinski definition) is 1. The van der Waals surface area contributed by atoms with Crippen LogP contribution >= 0.6 is 0 Å². The second kappa shape index (κ2) is 13.7. The highest BCUT2D eigenvalue weighted by atomic mass is 16.4. The molecule has 3 aromatic rings. The Balaban J connectivity index is 1.53. The zero-order chi connectivity index (χ0) is 32.8. The maximum absolute atomic E-state index is 14.5. The number of amides is 4. The van der Waals surface area contributed by atoms with Crippen molar-refractivity contribution in [3.63, 3.8) is 0 Å². The fourth-order valence-corrected chi connectivity index (χ4v) is 6.36. The summed E-state index contributed by atoms with van der Waals surface area (Å²) in [5.41, 5.74) is 2.03. The molecule has 0 spiro atoms. The number of nitrogens with zero attached hydrogens (tertiary/aromatic N) is 4. The van der Waals surface area contributed by atoms with Crippen LogP contribution in [0.1, 0.15) is 30.5 Å². The van der Waals surface area contributed by atoms with Gasteiger partial charge in [0.2, 0.25) is 5.91 Å². The maximum atomic E-state index is 14.5. The molecule has 0 aromatic heterocycles. The highest BCUT2D eigenvalue weighted by Crippen LogP contribution is 2.45. The first-order valence-corrected chi connectivity index (χ1v) is 15.3. The van der Waals surface area contributed by atoms with Gasteiger partial charge in [0.05, 0.1) is 0 Å². The van der Waals surface area contributed by atoms with Gasteiger partial charge >= 0.3 is 12.0 Å². The van der Waals surface area contributed by atoms with Gasteiger partial charge in [-0.05, 0) is 34.8 Å². The van der Waals surface area contributed by atoms with E-state index in [9.17, 15) is 24.3 Å². The van der Waals surface area contributed by atoms with Gasteiger partial charge in [-0.15, -0.1) is 0 Å². The van der Waals surface area contributed by atoms with Crippen molar-refractivity contribution in [2.45, 2.75) is 25.4 Å². The van der Waals surface area contributed by atoms with Crippen molar-refractivity contribution >= 4 is 23.8 Å². The molecule has 2 aliphatic rings. The molecule has 3 aromatic carbocycles. The Morgan fingerprint density at radius 3 is 1.76 bits per heavy atom. The third kappa shape index (κ3) is 5.96. The van der Waals surface area contributed by atoms with Gasteiger partial charge in [0, 0.05) is 26.3 Å². The van der Waals surface area contributed by atoms with Gasteiger partial charge in [-0.3, -0.25) is 14.5 Å². The molecule has 46 heavy (non-hydrogen) atoms. The Bertz CT molecular complexity index is 1570. The van der Waals surface area contributed by atoms with Crippen LogP contribution in [0.5, 0.6) is 0 Å². The Labute approximate surface area is 269 Å². The van der Waals surface area contributed by atoms with Crippen LogP contribution in [0.15, 0.2) is 127 Å². The quantitative estimate of drug-likeness (QED) is 0.279. The van der Waals surface area contributed by atoms with Gasteiger partial charge < -0.3 is 19.8 Å². The van der Waals surface area contributed by atoms with Crippen molar-refractivity contribution in [1.29, 1.82) is 0 Å². The van der Waals surface area contributed by atoms with Gasteiger partial charge in [-0.1, -0.05) is 117 Å². The van der Waals surface area contributed by atoms with Gasteiger partial charge in [0.15, 0.2) is 0 Å². The number of aliphatic carboxylic acids is 1. The number of rotatable bonds is 8. The number of carboxylic acid groups (broad SMARTS) is 1. The van der Waals surface area contributed by atoms with E-state index in [2.05, 4.69) is 0 Å². The molecule has 1 atom stereocenters. The van der Waals surface area contributed by atoms with Crippen LogP contribution in [0.25, 0.3) is 0 Å². The minimum Gasteiger partial charge on any atom is -0.480 e. The third-order valence-electron chi connectivity index (χ3n) is 8.47. The number of imide groups is 1. The predicted molar refractivity (Wildman–Crippen MR) is 175 cm³/mol. The Morgan fingerprint density at radius 2 is 1.30 bits per heavy atom. The lowest BCUT2D eigenvalue weighted by atomic mass is 9.75. The molecular weight excluding hydrogens is 580 g/mol. The lowest BCUT2D eigenvalue weighted by Gasteiger charge is -2.46. The van der Waals surface area contributed by atoms with Crippen LogP contribution in [-0.2, 0) is 19.9 Å². The molecule has 9 nitrogen and oxygen atoms in total. The molecule has 2 aliphatic heterocycles. The van der Waals surface area contributed by atoms with Gasteiger partial charge in [-0.25, -0.2) is 9.59 Å². The van der Waals surface area contributed by atoms with Crippen molar-refractivity contribution in [2.24, 2.45) is 5.92 Å². The second-order valence-electron chi connectivity index (χ2n) is 11.6. The number of allylic oxidation sites excluding steroid dienone is 4. The third-order valence-corrected chi connectivity index (χ3v) is 8.47. The van der Waals surface area contributed by atoms with E-state index >= 15 is 0 Å². The van der Waals surface area contributed by atoms with E-state index in [0.29, 0.717) is 0 Å². The zero-order valence-corrected chi connectivity index (χ0v) is 26.2. The topological polar surface area (TPSA) is 101 Å². The summed E-state index contributed by atoms with van der Waals surface area (Å²) in [5, 5.41) is 9.68. The molecule has 0 radical (unpaired) electrons. The summed E-state index contributed by atoms with van der Waals surface area (Å²) in [5.74, 6) is -2.50. The number of urea groups is 1. The molecule has 0 aliphatic carbocycles. The fraction of sp³-hybridized carbons (Fsp3) is 0.243. The Morgan fingerprint density at radius 1 is 0.783 bits per heavy atom. The second-order valence-corrected chi connectivity index (χ2v) is 11.6. The van der Waals surface area contributed by atoms with E-state index in [1.54, 1.807) is 26.0 Å². The number of carboxylic acids is 1. The number of hydrogen-bond acceptors (Lipinski definition) is 5. The van der Waals surface area contributed by atoms with Crippen LogP contribution < -0.4 is 0 Å². The van der Waals surface area contributed by atoms with E-state index in [-0.39, 0.29) is 31.2 Å². The van der Waals surface area contributed by atoms with Crippen molar-refractivity contribution in [1.82, 2.24) is 19.6 Å². The number of benzene rings is 3. The highest BCUT2D eigenvalue weighted by Gasteiger charge is 2.46. The average Bonchev–Trinajstić information content (AvgIpc) is 3.32. The number of piperazine rings is 1. The van der Waals surface area contributed by atoms with Crippen LogP contribution in [-0.4, -0.2) is 81.2 Å². The maximum Gasteiger partial charge on any atom is 0.326 e. The van der Waals surface area contributed by atoms with E-state index in [4.69, 9.17) is 0 Å². The first-order valence-electron chi connectivity index (χ1n) is 15.3. The van der Waals surface area contributed by atoms with E-state index in [1.807, 2.05) is 114 Å². The van der Waals surface area contributed by atoms with E-state index in [1.165, 1.54) is 16.8 Å². The standard InChI is InChI=1S/C37H38N4O5/c1-27(2)33(35(44)45)38(3)36(46)39-24-25-40(32(42)26-39)34(43)31-22-14-7-15-23-41(31)37(28-16-8-4-9-17-28,29-18-10-5-11-19-29)30-20-12-6-13-21-30/h4-23,27,33H,24-26H2,1-3H3,(H,44,45)/t33-/m0/s1. The molecular formula is C37H38N4O5. The summed E-state index contributed by atoms with van der Waals surface area (Å²) in [6, 6.07) is 28.2. The Hall–Kier alpha value is -5.44. The molecule has 0 bridgehead atoms. The average molecular weight is 619 g/mol. The summed E-state index contributed by atoms with van der Waals surface area (Å²) < 4.78 is 0. The molecule has 9 heteroatoms. The van der Waals surface area contributed by atoms with Crippen LogP contribution in [0.4, 0.5) is 4.79 Å². The van der Waals surface area contributed by atoms with Gasteiger partial charge in [-0.2, -0.15) is 0 Å².